The van der Waals surface area contributed by atoms with E-state index >= 15 is 0 Å². The van der Waals surface area contributed by atoms with E-state index in [0.29, 0.717) is 17.6 Å². The Kier molecular flexibility index (Phi) is 14.8. The lowest BCUT2D eigenvalue weighted by molar-refractivity contribution is 0.950. The molecule has 16 aromatic carbocycles. The molecular formula is C99H64N6. The highest BCUT2D eigenvalue weighted by atomic mass is 15.2. The van der Waals surface area contributed by atoms with E-state index in [-0.39, 0.29) is 0 Å². The van der Waals surface area contributed by atoms with Crippen LogP contribution >= 0.6 is 0 Å². The fraction of sp³-hybridized carbons (Fsp3) is 0. The normalized spacial score (nSPS) is 11.6. The van der Waals surface area contributed by atoms with Gasteiger partial charge in [0.05, 0.1) is 44.5 Å². The van der Waals surface area contributed by atoms with Crippen molar-refractivity contribution in [3.63, 3.8) is 0 Å². The number of para-hydroxylation sites is 2. The van der Waals surface area contributed by atoms with Gasteiger partial charge in [0.1, 0.15) is 0 Å². The Morgan fingerprint density at radius 2 is 0.343 bits per heavy atom. The van der Waals surface area contributed by atoms with Crippen molar-refractivity contribution in [2.24, 2.45) is 0 Å². The molecule has 0 radical (unpaired) electrons. The van der Waals surface area contributed by atoms with Gasteiger partial charge in [-0.1, -0.05) is 291 Å². The van der Waals surface area contributed by atoms with Gasteiger partial charge < -0.3 is 9.13 Å². The van der Waals surface area contributed by atoms with Crippen LogP contribution in [0.25, 0.3) is 195 Å². The van der Waals surface area contributed by atoms with Crippen molar-refractivity contribution in [3.8, 4) is 129 Å². The first-order valence-corrected chi connectivity index (χ1v) is 35.8. The van der Waals surface area contributed by atoms with Gasteiger partial charge in [-0.3, -0.25) is 4.57 Å². The first-order valence-electron chi connectivity index (χ1n) is 35.8. The first kappa shape index (κ1) is 60.9. The van der Waals surface area contributed by atoms with Crippen molar-refractivity contribution < 1.29 is 0 Å². The van der Waals surface area contributed by atoms with Gasteiger partial charge >= 0.3 is 0 Å². The van der Waals surface area contributed by atoms with Gasteiger partial charge in [-0.15, -0.1) is 0 Å². The lowest BCUT2D eigenvalue weighted by Gasteiger charge is -2.17. The molecule has 490 valence electrons. The van der Waals surface area contributed by atoms with Gasteiger partial charge in [0.15, 0.2) is 11.6 Å². The molecule has 105 heavy (non-hydrogen) atoms. The molecule has 20 rings (SSSR count). The smallest absolute Gasteiger partial charge is 0.238 e. The number of hydrogen-bond donors (Lipinski definition) is 0. The summed E-state index contributed by atoms with van der Waals surface area (Å²) in [6, 6.07) is 140. The summed E-state index contributed by atoms with van der Waals surface area (Å²) in [5, 5.41) is 6.73. The molecule has 6 heteroatoms. The SMILES string of the molecule is c1ccc(-c2ccc(-c3ccc4c(c3)c3cc(-c5ccc(-c6ccccc6)cc5)ccc3n4-c3nc(-c4ccccc4-n4c5ccc(-c6ccccc6)cc5c5cc(-c6ccccc6)ccc54)nc(-c4ccccc4-n4c5ccc(-c6ccccc6)cc5c5cc(-c6ccccc6)ccc54)n3)cc2)cc1. The molecule has 6 nitrogen and oxygen atoms in total. The maximum Gasteiger partial charge on any atom is 0.238 e. The van der Waals surface area contributed by atoms with Crippen LogP contribution in [0.3, 0.4) is 0 Å². The summed E-state index contributed by atoms with van der Waals surface area (Å²) in [7, 11) is 0. The average molecular weight is 1340 g/mol. The van der Waals surface area contributed by atoms with Crippen molar-refractivity contribution in [1.82, 2.24) is 28.7 Å². The Morgan fingerprint density at radius 1 is 0.152 bits per heavy atom. The number of rotatable bonds is 13. The van der Waals surface area contributed by atoms with Gasteiger partial charge in [0, 0.05) is 43.4 Å². The Hall–Kier alpha value is -14.1. The Bertz CT molecular complexity index is 6110. The molecule has 0 aliphatic carbocycles. The minimum Gasteiger partial charge on any atom is -0.309 e. The van der Waals surface area contributed by atoms with Crippen molar-refractivity contribution in [2.45, 2.75) is 0 Å². The first-order chi connectivity index (χ1) is 52.0. The molecule has 0 unspecified atom stereocenters. The van der Waals surface area contributed by atoms with E-state index in [1.807, 2.05) is 0 Å². The van der Waals surface area contributed by atoms with Crippen molar-refractivity contribution in [3.05, 3.63) is 388 Å². The van der Waals surface area contributed by atoms with E-state index in [1.54, 1.807) is 0 Å². The maximum atomic E-state index is 5.84. The van der Waals surface area contributed by atoms with Crippen LogP contribution in [-0.4, -0.2) is 28.7 Å². The van der Waals surface area contributed by atoms with Crippen molar-refractivity contribution in [1.29, 1.82) is 0 Å². The van der Waals surface area contributed by atoms with Gasteiger partial charge in [-0.2, -0.15) is 9.97 Å². The van der Waals surface area contributed by atoms with Gasteiger partial charge in [0.25, 0.3) is 0 Å². The van der Waals surface area contributed by atoms with Crippen LogP contribution in [0.1, 0.15) is 0 Å². The van der Waals surface area contributed by atoms with Crippen LogP contribution in [0.2, 0.25) is 0 Å². The molecular weight excluding hydrogens is 1270 g/mol. The molecule has 0 saturated carbocycles. The second-order valence-electron chi connectivity index (χ2n) is 27.1. The third-order valence-electron chi connectivity index (χ3n) is 21.0. The molecule has 0 aliphatic heterocycles. The molecule has 0 spiro atoms. The molecule has 0 fully saturated rings. The summed E-state index contributed by atoms with van der Waals surface area (Å²) in [6.07, 6.45) is 0. The highest BCUT2D eigenvalue weighted by molar-refractivity contribution is 6.15. The fourth-order valence-electron chi connectivity index (χ4n) is 15.8. The average Bonchev–Trinajstić information content (AvgIpc) is 1.59. The minimum absolute atomic E-state index is 0.490. The van der Waals surface area contributed by atoms with Crippen LogP contribution in [0, 0.1) is 0 Å². The molecule has 0 atom stereocenters. The number of nitrogens with zero attached hydrogens (tertiary/aromatic N) is 6. The lowest BCUT2D eigenvalue weighted by Crippen LogP contribution is -2.09. The zero-order valence-corrected chi connectivity index (χ0v) is 57.1. The van der Waals surface area contributed by atoms with Gasteiger partial charge in [-0.05, 0) is 186 Å². The molecule has 0 bridgehead atoms. The highest BCUT2D eigenvalue weighted by Gasteiger charge is 2.26. The summed E-state index contributed by atoms with van der Waals surface area (Å²) >= 11 is 0. The van der Waals surface area contributed by atoms with Crippen LogP contribution in [-0.2, 0) is 0 Å². The van der Waals surface area contributed by atoms with Crippen LogP contribution in [0.5, 0.6) is 0 Å². The van der Waals surface area contributed by atoms with Crippen molar-refractivity contribution >= 4 is 65.4 Å². The predicted molar refractivity (Wildman–Crippen MR) is 437 cm³/mol. The lowest BCUT2D eigenvalue weighted by atomic mass is 9.97. The van der Waals surface area contributed by atoms with E-state index in [1.165, 1.54) is 22.3 Å². The van der Waals surface area contributed by atoms with Crippen molar-refractivity contribution in [2.75, 3.05) is 0 Å². The molecule has 20 aromatic rings. The number of fused-ring (bicyclic) bond motifs is 9. The molecule has 0 saturated heterocycles. The zero-order chi connectivity index (χ0) is 69.3. The Balaban J connectivity index is 0.834. The summed E-state index contributed by atoms with van der Waals surface area (Å²) in [5.41, 5.74) is 28.2. The summed E-state index contributed by atoms with van der Waals surface area (Å²) in [6.45, 7) is 0. The standard InChI is InChI=1S/C99H64N6/c1-7-23-65(24-8-1)71-39-43-73(44-40-71)79-51-57-95-87(63-79)88-64-80(74-45-41-72(42-46-74)66-25-9-2-10-26-66)52-58-96(88)105(95)99-101-97(81-35-19-21-37-89(81)103-91-53-47-75(67-27-11-3-12-28-67)59-83(91)84-60-76(48-54-92(84)103)68-29-13-4-14-30-68)100-98(102-99)82-36-20-22-38-90(82)104-93-55-49-77(69-31-15-5-16-32-69)61-85(93)86-62-78(50-56-94(86)104)70-33-17-6-18-34-70/h1-64H. The second kappa shape index (κ2) is 25.5. The van der Waals surface area contributed by atoms with Crippen LogP contribution in [0.4, 0.5) is 0 Å². The molecule has 0 N–H and O–H groups in total. The molecule has 0 aliphatic rings. The summed E-state index contributed by atoms with van der Waals surface area (Å²) in [5.74, 6) is 1.54. The second-order valence-corrected chi connectivity index (χ2v) is 27.1. The van der Waals surface area contributed by atoms with Crippen LogP contribution < -0.4 is 0 Å². The predicted octanol–water partition coefficient (Wildman–Crippen LogP) is 25.8. The highest BCUT2D eigenvalue weighted by Crippen LogP contribution is 2.45. The minimum atomic E-state index is 0.490. The van der Waals surface area contributed by atoms with E-state index in [0.717, 1.165) is 155 Å². The fourth-order valence-corrected chi connectivity index (χ4v) is 15.8. The van der Waals surface area contributed by atoms with Crippen LogP contribution in [0.15, 0.2) is 388 Å². The molecule has 4 aromatic heterocycles. The monoisotopic (exact) mass is 1340 g/mol. The number of hydrogen-bond acceptors (Lipinski definition) is 3. The molecule has 4 heterocycles. The number of aromatic nitrogens is 6. The van der Waals surface area contributed by atoms with E-state index < -0.39 is 0 Å². The zero-order valence-electron chi connectivity index (χ0n) is 57.1. The Labute approximate surface area is 607 Å². The summed E-state index contributed by atoms with van der Waals surface area (Å²) in [4.78, 5) is 17.5. The quantitative estimate of drug-likeness (QED) is 0.116. The van der Waals surface area contributed by atoms with Gasteiger partial charge in [-0.25, -0.2) is 4.98 Å². The van der Waals surface area contributed by atoms with E-state index in [2.05, 4.69) is 402 Å². The maximum absolute atomic E-state index is 5.84. The van der Waals surface area contributed by atoms with Gasteiger partial charge in [0.2, 0.25) is 5.95 Å². The Morgan fingerprint density at radius 3 is 0.600 bits per heavy atom. The number of benzene rings is 16. The topological polar surface area (TPSA) is 53.5 Å². The third kappa shape index (κ3) is 10.8. The largest absolute Gasteiger partial charge is 0.309 e. The summed E-state index contributed by atoms with van der Waals surface area (Å²) < 4.78 is 7.09. The van der Waals surface area contributed by atoms with E-state index in [9.17, 15) is 0 Å². The molecule has 0 amide bonds. The third-order valence-corrected chi connectivity index (χ3v) is 21.0. The van der Waals surface area contributed by atoms with E-state index in [4.69, 9.17) is 15.0 Å².